The maximum atomic E-state index is 13.6. The molecule has 9 nitrogen and oxygen atoms in total. The second kappa shape index (κ2) is 10.4. The van der Waals surface area contributed by atoms with Gasteiger partial charge in [-0.05, 0) is 61.0 Å². The van der Waals surface area contributed by atoms with Crippen LogP contribution in [0.1, 0.15) is 23.5 Å². The number of halogens is 3. The number of sulfonamides is 1. The summed E-state index contributed by atoms with van der Waals surface area (Å²) in [4.78, 5) is 16.5. The molecule has 0 saturated carbocycles. The van der Waals surface area contributed by atoms with Crippen LogP contribution >= 0.6 is 0 Å². The number of benzene rings is 1. The number of aryl methyl sites for hydroxylation is 1. The highest BCUT2D eigenvalue weighted by Gasteiger charge is 2.22. The number of nitrogens with zero attached hydrogens (tertiary/aromatic N) is 4. The molecule has 1 aromatic carbocycles. The van der Waals surface area contributed by atoms with Crippen molar-refractivity contribution in [3.63, 3.8) is 0 Å². The van der Waals surface area contributed by atoms with Gasteiger partial charge in [0, 0.05) is 11.3 Å². The summed E-state index contributed by atoms with van der Waals surface area (Å²) in [6, 6.07) is 12.8. The van der Waals surface area contributed by atoms with Crippen LogP contribution < -0.4 is 15.2 Å². The Morgan fingerprint density at radius 2 is 1.73 bits per heavy atom. The topological polar surface area (TPSA) is 133 Å². The second-order valence-corrected chi connectivity index (χ2v) is 9.77. The molecule has 0 amide bonds. The van der Waals surface area contributed by atoms with Gasteiger partial charge in [-0.2, -0.15) is 4.98 Å². The van der Waals surface area contributed by atoms with E-state index in [0.29, 0.717) is 17.0 Å². The summed E-state index contributed by atoms with van der Waals surface area (Å²) >= 11 is 0. The number of nitrogen functional groups attached to an aromatic ring is 1. The number of pyridine rings is 2. The predicted octanol–water partition coefficient (Wildman–Crippen LogP) is 4.52. The summed E-state index contributed by atoms with van der Waals surface area (Å²) in [5.41, 5.74) is 7.36. The molecule has 0 aliphatic heterocycles. The number of nitrogens with two attached hydrogens (primary N) is 1. The third kappa shape index (κ3) is 6.50. The van der Waals surface area contributed by atoms with E-state index >= 15 is 0 Å². The molecule has 192 valence electrons. The Morgan fingerprint density at radius 1 is 1.00 bits per heavy atom. The van der Waals surface area contributed by atoms with Gasteiger partial charge in [-0.25, -0.2) is 31.6 Å². The summed E-state index contributed by atoms with van der Waals surface area (Å²) in [5, 5.41) is 0. The lowest BCUT2D eigenvalue weighted by Crippen LogP contribution is -2.12. The van der Waals surface area contributed by atoms with Crippen molar-refractivity contribution in [2.75, 3.05) is 16.7 Å². The zero-order valence-corrected chi connectivity index (χ0v) is 20.4. The van der Waals surface area contributed by atoms with Crippen LogP contribution in [0.3, 0.4) is 0 Å². The van der Waals surface area contributed by atoms with Crippen LogP contribution in [0.5, 0.6) is 5.88 Å². The van der Waals surface area contributed by atoms with Crippen molar-refractivity contribution < 1.29 is 26.3 Å². The second-order valence-electron chi connectivity index (χ2n) is 8.02. The molecule has 37 heavy (non-hydrogen) atoms. The molecule has 4 rings (SSSR count). The molecular weight excluding hydrogens is 509 g/mol. The van der Waals surface area contributed by atoms with Crippen molar-refractivity contribution in [2.24, 2.45) is 0 Å². The first kappa shape index (κ1) is 25.8. The Labute approximate surface area is 210 Å². The van der Waals surface area contributed by atoms with Crippen LogP contribution in [0.25, 0.3) is 22.4 Å². The summed E-state index contributed by atoms with van der Waals surface area (Å²) in [6.07, 6.45) is -1.84. The number of aromatic nitrogens is 4. The van der Waals surface area contributed by atoms with Gasteiger partial charge in [0.15, 0.2) is 0 Å². The monoisotopic (exact) mass is 530 g/mol. The van der Waals surface area contributed by atoms with E-state index in [1.54, 1.807) is 25.1 Å². The van der Waals surface area contributed by atoms with Gasteiger partial charge in [-0.1, -0.05) is 6.07 Å². The molecule has 13 heteroatoms. The minimum absolute atomic E-state index is 0.0408. The molecule has 0 radical (unpaired) electrons. The number of ether oxygens (including phenoxy) is 1. The molecule has 0 aliphatic carbocycles. The van der Waals surface area contributed by atoms with E-state index in [2.05, 4.69) is 24.7 Å². The molecule has 0 atom stereocenters. The molecule has 0 unspecified atom stereocenters. The van der Waals surface area contributed by atoms with Crippen molar-refractivity contribution in [1.29, 1.82) is 0 Å². The minimum Gasteiger partial charge on any atom is -0.471 e. The molecular formula is C24H21F3N6O3S. The van der Waals surface area contributed by atoms with Crippen molar-refractivity contribution in [3.05, 3.63) is 77.5 Å². The van der Waals surface area contributed by atoms with E-state index in [1.165, 1.54) is 36.4 Å². The fourth-order valence-electron chi connectivity index (χ4n) is 3.54. The zero-order chi connectivity index (χ0) is 26.7. The van der Waals surface area contributed by atoms with Gasteiger partial charge < -0.3 is 10.5 Å². The van der Waals surface area contributed by atoms with Gasteiger partial charge >= 0.3 is 0 Å². The third-order valence-electron chi connectivity index (χ3n) is 4.95. The Bertz CT molecular complexity index is 1550. The quantitative estimate of drug-likeness (QED) is 0.340. The Morgan fingerprint density at radius 3 is 2.41 bits per heavy atom. The molecule has 0 bridgehead atoms. The minimum atomic E-state index is -3.55. The highest BCUT2D eigenvalue weighted by atomic mass is 32.2. The maximum Gasteiger partial charge on any atom is 0.280 e. The first-order valence-electron chi connectivity index (χ1n) is 10.8. The van der Waals surface area contributed by atoms with Crippen molar-refractivity contribution in [3.8, 4) is 28.3 Å². The number of alkyl halides is 2. The normalized spacial score (nSPS) is 11.5. The lowest BCUT2D eigenvalue weighted by molar-refractivity contribution is 0.146. The fourth-order valence-corrected chi connectivity index (χ4v) is 4.03. The van der Waals surface area contributed by atoms with Crippen molar-refractivity contribution in [1.82, 2.24) is 19.9 Å². The first-order chi connectivity index (χ1) is 17.5. The Balaban J connectivity index is 1.82. The highest BCUT2D eigenvalue weighted by molar-refractivity contribution is 7.92. The number of rotatable bonds is 8. The summed E-state index contributed by atoms with van der Waals surface area (Å²) in [7, 11) is -3.55. The lowest BCUT2D eigenvalue weighted by atomic mass is 9.99. The van der Waals surface area contributed by atoms with Gasteiger partial charge in [-0.3, -0.25) is 9.71 Å². The molecule has 3 N–H and O–H groups in total. The van der Waals surface area contributed by atoms with Crippen LogP contribution in [-0.4, -0.2) is 34.6 Å². The van der Waals surface area contributed by atoms with Crippen LogP contribution in [-0.2, 0) is 16.6 Å². The van der Waals surface area contributed by atoms with E-state index in [-0.39, 0.29) is 41.1 Å². The molecule has 3 aromatic heterocycles. The summed E-state index contributed by atoms with van der Waals surface area (Å²) in [6.45, 7) is 1.40. The van der Waals surface area contributed by atoms with Crippen molar-refractivity contribution in [2.45, 2.75) is 20.0 Å². The van der Waals surface area contributed by atoms with Gasteiger partial charge in [0.2, 0.25) is 21.9 Å². The first-order valence-corrected chi connectivity index (χ1v) is 12.6. The maximum absolute atomic E-state index is 13.6. The van der Waals surface area contributed by atoms with Crippen LogP contribution in [0.15, 0.2) is 54.6 Å². The largest absolute Gasteiger partial charge is 0.471 e. The Hall–Kier alpha value is -4.26. The molecule has 0 fully saturated rings. The van der Waals surface area contributed by atoms with E-state index in [9.17, 15) is 21.6 Å². The van der Waals surface area contributed by atoms with Crippen molar-refractivity contribution >= 4 is 21.8 Å². The van der Waals surface area contributed by atoms with Gasteiger partial charge in [0.25, 0.3) is 6.43 Å². The standard InChI is InChI=1S/C24H21F3N6O3S/c1-13-10-15(11-18(29-13)22(26)27)20-21(14-6-8-16(25)9-7-14)31-24(28)32-23(20)36-12-17-4-3-5-19(30-17)33-37(2,34)35/h3-11,22H,12H2,1-2H3,(H,30,33)(H2,28,31,32). The predicted molar refractivity (Wildman–Crippen MR) is 132 cm³/mol. The number of nitrogens with one attached hydrogen (secondary N) is 1. The van der Waals surface area contributed by atoms with Gasteiger partial charge in [0.05, 0.1) is 23.2 Å². The number of anilines is 2. The van der Waals surface area contributed by atoms with Crippen LogP contribution in [0, 0.1) is 12.7 Å². The third-order valence-corrected chi connectivity index (χ3v) is 5.53. The molecule has 4 aromatic rings. The zero-order valence-electron chi connectivity index (χ0n) is 19.6. The molecule has 0 saturated heterocycles. The number of hydrogen-bond donors (Lipinski definition) is 2. The fraction of sp³-hybridized carbons (Fsp3) is 0.167. The molecule has 3 heterocycles. The average molecular weight is 531 g/mol. The van der Waals surface area contributed by atoms with Crippen LogP contribution in [0.2, 0.25) is 0 Å². The lowest BCUT2D eigenvalue weighted by Gasteiger charge is -2.16. The molecule has 0 aliphatic rings. The van der Waals surface area contributed by atoms with E-state index < -0.39 is 28.0 Å². The molecule has 0 spiro atoms. The van der Waals surface area contributed by atoms with E-state index in [4.69, 9.17) is 10.5 Å². The van der Waals surface area contributed by atoms with Crippen LogP contribution in [0.4, 0.5) is 24.9 Å². The smallest absolute Gasteiger partial charge is 0.280 e. The summed E-state index contributed by atoms with van der Waals surface area (Å²) < 4.78 is 72.0. The average Bonchev–Trinajstić information content (AvgIpc) is 2.81. The highest BCUT2D eigenvalue weighted by Crippen LogP contribution is 2.39. The SMILES string of the molecule is Cc1cc(-c2c(OCc3cccc(NS(C)(=O)=O)n3)nc(N)nc2-c2ccc(F)cc2)cc(C(F)F)n1. The van der Waals surface area contributed by atoms with E-state index in [0.717, 1.165) is 6.26 Å². The van der Waals surface area contributed by atoms with Gasteiger partial charge in [0.1, 0.15) is 23.9 Å². The Kier molecular flexibility index (Phi) is 7.25. The van der Waals surface area contributed by atoms with E-state index in [1.807, 2.05) is 0 Å². The number of hydrogen-bond acceptors (Lipinski definition) is 8. The van der Waals surface area contributed by atoms with Gasteiger partial charge in [-0.15, -0.1) is 0 Å². The summed E-state index contributed by atoms with van der Waals surface area (Å²) in [5.74, 6) is -0.596.